The molecule has 0 spiro atoms. The molecule has 94 valence electrons. The minimum atomic E-state index is -0.999. The van der Waals surface area contributed by atoms with Gasteiger partial charge in [0.05, 0.1) is 12.0 Å². The normalized spacial score (nSPS) is 14.1. The second kappa shape index (κ2) is 6.12. The second-order valence-corrected chi connectivity index (χ2v) is 5.07. The molecule has 1 aromatic heterocycles. The Morgan fingerprint density at radius 2 is 2.24 bits per heavy atom. The summed E-state index contributed by atoms with van der Waals surface area (Å²) in [6.45, 7) is 5.26. The molecule has 1 rings (SSSR count). The van der Waals surface area contributed by atoms with Crippen molar-refractivity contribution in [2.75, 3.05) is 6.61 Å². The summed E-state index contributed by atoms with van der Waals surface area (Å²) in [5.41, 5.74) is 0.773. The third kappa shape index (κ3) is 3.51. The van der Waals surface area contributed by atoms with Gasteiger partial charge in [-0.05, 0) is 20.8 Å². The van der Waals surface area contributed by atoms with E-state index in [2.05, 4.69) is 4.98 Å². The van der Waals surface area contributed by atoms with Crippen LogP contribution in [0.25, 0.3) is 0 Å². The number of hydrogen-bond acceptors (Lipinski definition) is 5. The fourth-order valence-electron chi connectivity index (χ4n) is 1.30. The quantitative estimate of drug-likeness (QED) is 0.470. The number of nitrogens with zero attached hydrogens (tertiary/aromatic N) is 1. The first-order valence-corrected chi connectivity index (χ1v) is 6.55. The van der Waals surface area contributed by atoms with Gasteiger partial charge in [0.15, 0.2) is 11.7 Å². The van der Waals surface area contributed by atoms with Crippen LogP contribution in [0.5, 0.6) is 0 Å². The fraction of sp³-hybridized carbons (Fsp3) is 0.545. The van der Waals surface area contributed by atoms with Gasteiger partial charge < -0.3 is 4.74 Å². The highest BCUT2D eigenvalue weighted by molar-refractivity contribution is 7.10. The Balaban J connectivity index is 3.02. The Bertz CT molecular complexity index is 417. The Morgan fingerprint density at radius 1 is 1.59 bits per heavy atom. The minimum Gasteiger partial charge on any atom is -0.465 e. The second-order valence-electron chi connectivity index (χ2n) is 3.53. The Morgan fingerprint density at radius 3 is 2.65 bits per heavy atom. The molecule has 0 amide bonds. The number of alkyl halides is 1. The standard InChI is InChI=1S/C11H14ClNO3S/c1-4-16-11(15)8(9(14)7(3)12)10-13-6(2)5-17-10/h5,7-8H,4H2,1-3H3/t7-,8-/m0/s1. The summed E-state index contributed by atoms with van der Waals surface area (Å²) in [5.74, 6) is -1.96. The highest BCUT2D eigenvalue weighted by Gasteiger charge is 2.34. The first-order valence-electron chi connectivity index (χ1n) is 5.23. The van der Waals surface area contributed by atoms with Crippen LogP contribution in [0.15, 0.2) is 5.38 Å². The van der Waals surface area contributed by atoms with Crippen LogP contribution in [0, 0.1) is 6.92 Å². The number of carbonyl (C=O) groups is 2. The summed E-state index contributed by atoms with van der Waals surface area (Å²) >= 11 is 7.01. The summed E-state index contributed by atoms with van der Waals surface area (Å²) in [5, 5.41) is 1.49. The number of aryl methyl sites for hydroxylation is 1. The van der Waals surface area contributed by atoms with E-state index in [1.165, 1.54) is 18.3 Å². The third-order valence-corrected chi connectivity index (χ3v) is 3.33. The predicted molar refractivity (Wildman–Crippen MR) is 66.5 cm³/mol. The van der Waals surface area contributed by atoms with Gasteiger partial charge in [0.2, 0.25) is 0 Å². The van der Waals surface area contributed by atoms with Crippen molar-refractivity contribution in [3.63, 3.8) is 0 Å². The SMILES string of the molecule is CCOC(=O)[C@@H](C(=O)[C@H](C)Cl)c1nc(C)cs1. The van der Waals surface area contributed by atoms with Crippen molar-refractivity contribution in [2.45, 2.75) is 32.1 Å². The van der Waals surface area contributed by atoms with Gasteiger partial charge >= 0.3 is 5.97 Å². The van der Waals surface area contributed by atoms with Crippen molar-refractivity contribution in [1.29, 1.82) is 0 Å². The molecule has 0 aliphatic heterocycles. The molecule has 0 radical (unpaired) electrons. The zero-order chi connectivity index (χ0) is 13.0. The number of halogens is 1. The van der Waals surface area contributed by atoms with E-state index in [1.807, 2.05) is 0 Å². The maximum absolute atomic E-state index is 11.9. The van der Waals surface area contributed by atoms with Crippen LogP contribution in [0.3, 0.4) is 0 Å². The molecular formula is C11H14ClNO3S. The topological polar surface area (TPSA) is 56.3 Å². The number of rotatable bonds is 5. The monoisotopic (exact) mass is 275 g/mol. The largest absolute Gasteiger partial charge is 0.465 e. The first kappa shape index (κ1) is 14.1. The molecule has 0 saturated heterocycles. The molecular weight excluding hydrogens is 262 g/mol. The van der Waals surface area contributed by atoms with Crippen molar-refractivity contribution >= 4 is 34.7 Å². The maximum Gasteiger partial charge on any atom is 0.323 e. The molecule has 0 fully saturated rings. The van der Waals surface area contributed by atoms with E-state index in [9.17, 15) is 9.59 Å². The lowest BCUT2D eigenvalue weighted by Gasteiger charge is -2.13. The maximum atomic E-state index is 11.9. The van der Waals surface area contributed by atoms with Gasteiger partial charge in [-0.25, -0.2) is 4.98 Å². The molecule has 0 aliphatic carbocycles. The van der Waals surface area contributed by atoms with E-state index in [4.69, 9.17) is 16.3 Å². The van der Waals surface area contributed by atoms with E-state index in [1.54, 1.807) is 19.2 Å². The van der Waals surface area contributed by atoms with Crippen LogP contribution in [0.1, 0.15) is 30.5 Å². The lowest BCUT2D eigenvalue weighted by atomic mass is 10.0. The molecule has 1 aromatic rings. The average molecular weight is 276 g/mol. The molecule has 17 heavy (non-hydrogen) atoms. The fourth-order valence-corrected chi connectivity index (χ4v) is 2.31. The molecule has 6 heteroatoms. The summed E-state index contributed by atoms with van der Waals surface area (Å²) in [6, 6.07) is 0. The number of aromatic nitrogens is 1. The number of ketones is 1. The summed E-state index contributed by atoms with van der Waals surface area (Å²) < 4.78 is 4.89. The van der Waals surface area contributed by atoms with E-state index in [-0.39, 0.29) is 12.4 Å². The van der Waals surface area contributed by atoms with Gasteiger partial charge in [-0.15, -0.1) is 22.9 Å². The summed E-state index contributed by atoms with van der Waals surface area (Å²) in [4.78, 5) is 27.8. The smallest absolute Gasteiger partial charge is 0.323 e. The lowest BCUT2D eigenvalue weighted by Crippen LogP contribution is -2.28. The molecule has 1 heterocycles. The number of esters is 1. The van der Waals surface area contributed by atoms with E-state index in [0.29, 0.717) is 5.01 Å². The number of Topliss-reactive ketones (excluding diaryl/α,β-unsaturated/α-hetero) is 1. The van der Waals surface area contributed by atoms with E-state index < -0.39 is 17.3 Å². The van der Waals surface area contributed by atoms with Crippen LogP contribution >= 0.6 is 22.9 Å². The third-order valence-electron chi connectivity index (χ3n) is 2.08. The van der Waals surface area contributed by atoms with Gasteiger partial charge in [-0.3, -0.25) is 9.59 Å². The van der Waals surface area contributed by atoms with Crippen LogP contribution < -0.4 is 0 Å². The van der Waals surface area contributed by atoms with Crippen LogP contribution in [-0.2, 0) is 14.3 Å². The van der Waals surface area contributed by atoms with Crippen molar-refractivity contribution in [3.8, 4) is 0 Å². The number of ether oxygens (including phenoxy) is 1. The molecule has 4 nitrogen and oxygen atoms in total. The van der Waals surface area contributed by atoms with Crippen LogP contribution in [0.4, 0.5) is 0 Å². The van der Waals surface area contributed by atoms with E-state index >= 15 is 0 Å². The minimum absolute atomic E-state index is 0.226. The van der Waals surface area contributed by atoms with Gasteiger partial charge in [-0.1, -0.05) is 0 Å². The first-order chi connectivity index (χ1) is 7.97. The van der Waals surface area contributed by atoms with Gasteiger partial charge in [0.25, 0.3) is 0 Å². The van der Waals surface area contributed by atoms with Crippen molar-refractivity contribution in [3.05, 3.63) is 16.1 Å². The lowest BCUT2D eigenvalue weighted by molar-refractivity contribution is -0.147. The van der Waals surface area contributed by atoms with Crippen LogP contribution in [0.2, 0.25) is 0 Å². The Hall–Kier alpha value is -0.940. The predicted octanol–water partition coefficient (Wildman–Crippen LogP) is 2.29. The molecule has 0 N–H and O–H groups in total. The van der Waals surface area contributed by atoms with Crippen molar-refractivity contribution in [2.24, 2.45) is 0 Å². The van der Waals surface area contributed by atoms with Gasteiger partial charge in [0, 0.05) is 11.1 Å². The van der Waals surface area contributed by atoms with Crippen molar-refractivity contribution in [1.82, 2.24) is 4.98 Å². The van der Waals surface area contributed by atoms with Gasteiger partial charge in [-0.2, -0.15) is 0 Å². The summed E-state index contributed by atoms with van der Waals surface area (Å²) in [6.07, 6.45) is 0. The zero-order valence-electron chi connectivity index (χ0n) is 9.90. The highest BCUT2D eigenvalue weighted by Crippen LogP contribution is 2.25. The number of thiazole rings is 1. The van der Waals surface area contributed by atoms with Crippen LogP contribution in [-0.4, -0.2) is 28.7 Å². The Kier molecular flexibility index (Phi) is 5.08. The average Bonchev–Trinajstić information content (AvgIpc) is 2.65. The van der Waals surface area contributed by atoms with Crippen molar-refractivity contribution < 1.29 is 14.3 Å². The number of carbonyl (C=O) groups excluding carboxylic acids is 2. The molecule has 0 aliphatic rings. The molecule has 0 saturated carbocycles. The molecule has 0 unspecified atom stereocenters. The van der Waals surface area contributed by atoms with E-state index in [0.717, 1.165) is 5.69 Å². The molecule has 2 atom stereocenters. The summed E-state index contributed by atoms with van der Waals surface area (Å²) in [7, 11) is 0. The highest BCUT2D eigenvalue weighted by atomic mass is 35.5. The molecule has 0 bridgehead atoms. The zero-order valence-corrected chi connectivity index (χ0v) is 11.5. The molecule has 0 aromatic carbocycles. The Labute approximate surface area is 109 Å². The van der Waals surface area contributed by atoms with Gasteiger partial charge in [0.1, 0.15) is 5.01 Å². The number of hydrogen-bond donors (Lipinski definition) is 0.